The Bertz CT molecular complexity index is 493. The number of benzene rings is 1. The van der Waals surface area contributed by atoms with Gasteiger partial charge in [0, 0.05) is 12.3 Å². The number of hydrogen-bond acceptors (Lipinski definition) is 4. The standard InChI is InChI=1S/C13H16N2O3S/c14-6-10-4-2-1-3-9(10)5-12(16)15-8-19-7-11(15)13(17)18/h1-4,11H,5-8,14H2,(H,17,18)/t11-/m0/s1. The van der Waals surface area contributed by atoms with Gasteiger partial charge in [-0.1, -0.05) is 24.3 Å². The van der Waals surface area contributed by atoms with Gasteiger partial charge in [-0.2, -0.15) is 0 Å². The van der Waals surface area contributed by atoms with E-state index in [0.29, 0.717) is 18.2 Å². The van der Waals surface area contributed by atoms with E-state index >= 15 is 0 Å². The van der Waals surface area contributed by atoms with Crippen molar-refractivity contribution >= 4 is 23.6 Å². The average Bonchev–Trinajstić information content (AvgIpc) is 2.88. The molecule has 102 valence electrons. The number of carbonyl (C=O) groups is 2. The molecule has 19 heavy (non-hydrogen) atoms. The number of nitrogens with zero attached hydrogens (tertiary/aromatic N) is 1. The van der Waals surface area contributed by atoms with Gasteiger partial charge in [0.2, 0.25) is 5.91 Å². The van der Waals surface area contributed by atoms with Crippen molar-refractivity contribution in [3.05, 3.63) is 35.4 Å². The number of rotatable bonds is 4. The lowest BCUT2D eigenvalue weighted by molar-refractivity contribution is -0.147. The molecule has 0 aliphatic carbocycles. The predicted octanol–water partition coefficient (Wildman–Crippen LogP) is 0.674. The number of carboxylic acid groups (broad SMARTS) is 1. The zero-order chi connectivity index (χ0) is 13.8. The summed E-state index contributed by atoms with van der Waals surface area (Å²) in [6.07, 6.45) is 0.206. The fraction of sp³-hybridized carbons (Fsp3) is 0.385. The molecule has 5 nitrogen and oxygen atoms in total. The lowest BCUT2D eigenvalue weighted by Crippen LogP contribution is -2.42. The molecule has 0 radical (unpaired) electrons. The zero-order valence-corrected chi connectivity index (χ0v) is 11.2. The summed E-state index contributed by atoms with van der Waals surface area (Å²) in [5, 5.41) is 9.07. The van der Waals surface area contributed by atoms with Gasteiger partial charge in [-0.25, -0.2) is 4.79 Å². The summed E-state index contributed by atoms with van der Waals surface area (Å²) >= 11 is 1.47. The number of carbonyl (C=O) groups excluding carboxylic acids is 1. The second kappa shape index (κ2) is 6.08. The highest BCUT2D eigenvalue weighted by Gasteiger charge is 2.34. The summed E-state index contributed by atoms with van der Waals surface area (Å²) in [4.78, 5) is 24.7. The smallest absolute Gasteiger partial charge is 0.327 e. The topological polar surface area (TPSA) is 83.6 Å². The van der Waals surface area contributed by atoms with E-state index in [-0.39, 0.29) is 12.3 Å². The molecule has 0 spiro atoms. The summed E-state index contributed by atoms with van der Waals surface area (Å²) in [6.45, 7) is 0.376. The van der Waals surface area contributed by atoms with E-state index in [1.807, 2.05) is 24.3 Å². The Balaban J connectivity index is 2.10. The first-order chi connectivity index (χ1) is 9.13. The quantitative estimate of drug-likeness (QED) is 0.847. The number of hydrogen-bond donors (Lipinski definition) is 2. The van der Waals surface area contributed by atoms with Gasteiger partial charge >= 0.3 is 5.97 Å². The van der Waals surface area contributed by atoms with Crippen molar-refractivity contribution in [3.63, 3.8) is 0 Å². The highest BCUT2D eigenvalue weighted by molar-refractivity contribution is 7.99. The Morgan fingerprint density at radius 2 is 2.05 bits per heavy atom. The Morgan fingerprint density at radius 3 is 2.68 bits per heavy atom. The molecule has 1 heterocycles. The van der Waals surface area contributed by atoms with Gasteiger partial charge in [0.25, 0.3) is 0 Å². The number of carboxylic acids is 1. The molecule has 2 rings (SSSR count). The molecule has 1 aliphatic rings. The van der Waals surface area contributed by atoms with Gasteiger partial charge in [0.05, 0.1) is 12.3 Å². The van der Waals surface area contributed by atoms with Crippen molar-refractivity contribution in [2.24, 2.45) is 5.73 Å². The number of aliphatic carboxylic acids is 1. The third-order valence-electron chi connectivity index (χ3n) is 3.17. The molecule has 0 saturated carbocycles. The summed E-state index contributed by atoms with van der Waals surface area (Å²) in [6, 6.07) is 6.77. The van der Waals surface area contributed by atoms with E-state index < -0.39 is 12.0 Å². The third-order valence-corrected chi connectivity index (χ3v) is 4.18. The minimum absolute atomic E-state index is 0.154. The van der Waals surface area contributed by atoms with Crippen molar-refractivity contribution < 1.29 is 14.7 Å². The maximum absolute atomic E-state index is 12.2. The predicted molar refractivity (Wildman–Crippen MR) is 73.6 cm³/mol. The maximum Gasteiger partial charge on any atom is 0.327 e. The molecule has 1 fully saturated rings. The number of nitrogens with two attached hydrogens (primary N) is 1. The van der Waals surface area contributed by atoms with Crippen LogP contribution >= 0.6 is 11.8 Å². The van der Waals surface area contributed by atoms with Gasteiger partial charge in [0.1, 0.15) is 6.04 Å². The van der Waals surface area contributed by atoms with Crippen molar-refractivity contribution in [2.45, 2.75) is 19.0 Å². The molecule has 0 aromatic heterocycles. The normalized spacial score (nSPS) is 18.6. The van der Waals surface area contributed by atoms with Crippen LogP contribution < -0.4 is 5.73 Å². The molecule has 0 unspecified atom stereocenters. The molecular weight excluding hydrogens is 264 g/mol. The minimum atomic E-state index is -0.939. The summed E-state index contributed by atoms with van der Waals surface area (Å²) in [5.41, 5.74) is 7.43. The van der Waals surface area contributed by atoms with Crippen LogP contribution in [0.1, 0.15) is 11.1 Å². The average molecular weight is 280 g/mol. The maximum atomic E-state index is 12.2. The van der Waals surface area contributed by atoms with E-state index in [1.165, 1.54) is 16.7 Å². The van der Waals surface area contributed by atoms with Crippen LogP contribution in [-0.2, 0) is 22.6 Å². The molecule has 1 aromatic rings. The molecule has 1 aromatic carbocycles. The zero-order valence-electron chi connectivity index (χ0n) is 10.4. The second-order valence-electron chi connectivity index (χ2n) is 4.37. The minimum Gasteiger partial charge on any atom is -0.480 e. The van der Waals surface area contributed by atoms with Crippen molar-refractivity contribution in [1.29, 1.82) is 0 Å². The largest absolute Gasteiger partial charge is 0.480 e. The summed E-state index contributed by atoms with van der Waals surface area (Å²) < 4.78 is 0. The van der Waals surface area contributed by atoms with E-state index in [0.717, 1.165) is 11.1 Å². The highest BCUT2D eigenvalue weighted by Crippen LogP contribution is 2.22. The molecule has 6 heteroatoms. The Hall–Kier alpha value is -1.53. The lowest BCUT2D eigenvalue weighted by Gasteiger charge is -2.21. The van der Waals surface area contributed by atoms with E-state index in [9.17, 15) is 9.59 Å². The number of thioether (sulfide) groups is 1. The first-order valence-electron chi connectivity index (χ1n) is 6.00. The van der Waals surface area contributed by atoms with Gasteiger partial charge in [-0.15, -0.1) is 11.8 Å². The van der Waals surface area contributed by atoms with Crippen LogP contribution in [0.2, 0.25) is 0 Å². The van der Waals surface area contributed by atoms with Crippen LogP contribution in [0.3, 0.4) is 0 Å². The van der Waals surface area contributed by atoms with Gasteiger partial charge in [-0.3, -0.25) is 4.79 Å². The van der Waals surface area contributed by atoms with Crippen molar-refractivity contribution in [3.8, 4) is 0 Å². The third kappa shape index (κ3) is 3.08. The van der Waals surface area contributed by atoms with Gasteiger partial charge < -0.3 is 15.7 Å². The van der Waals surface area contributed by atoms with Crippen molar-refractivity contribution in [1.82, 2.24) is 4.90 Å². The van der Waals surface area contributed by atoms with Crippen LogP contribution in [0.5, 0.6) is 0 Å². The first-order valence-corrected chi connectivity index (χ1v) is 7.16. The van der Waals surface area contributed by atoms with Gasteiger partial charge in [-0.05, 0) is 11.1 Å². The van der Waals surface area contributed by atoms with Crippen LogP contribution in [-0.4, -0.2) is 39.6 Å². The molecule has 1 saturated heterocycles. The van der Waals surface area contributed by atoms with Crippen LogP contribution in [0, 0.1) is 0 Å². The Labute approximate surface area is 115 Å². The summed E-state index contributed by atoms with van der Waals surface area (Å²) in [7, 11) is 0. The highest BCUT2D eigenvalue weighted by atomic mass is 32.2. The van der Waals surface area contributed by atoms with Gasteiger partial charge in [0.15, 0.2) is 0 Å². The van der Waals surface area contributed by atoms with Crippen LogP contribution in [0.4, 0.5) is 0 Å². The SMILES string of the molecule is NCc1ccccc1CC(=O)N1CSC[C@H]1C(=O)O. The Morgan fingerprint density at radius 1 is 1.37 bits per heavy atom. The monoisotopic (exact) mass is 280 g/mol. The van der Waals surface area contributed by atoms with Crippen LogP contribution in [0.15, 0.2) is 24.3 Å². The summed E-state index contributed by atoms with van der Waals surface area (Å²) in [5.74, 6) is -0.191. The second-order valence-corrected chi connectivity index (χ2v) is 5.37. The van der Waals surface area contributed by atoms with Crippen LogP contribution in [0.25, 0.3) is 0 Å². The lowest BCUT2D eigenvalue weighted by atomic mass is 10.0. The van der Waals surface area contributed by atoms with E-state index in [2.05, 4.69) is 0 Å². The molecule has 3 N–H and O–H groups in total. The molecule has 1 amide bonds. The van der Waals surface area contributed by atoms with E-state index in [4.69, 9.17) is 10.8 Å². The Kier molecular flexibility index (Phi) is 4.44. The first kappa shape index (κ1) is 13.9. The van der Waals surface area contributed by atoms with Crippen molar-refractivity contribution in [2.75, 3.05) is 11.6 Å². The van der Waals surface area contributed by atoms with E-state index in [1.54, 1.807) is 0 Å². The fourth-order valence-electron chi connectivity index (χ4n) is 2.09. The molecule has 0 bridgehead atoms. The molecule has 1 aliphatic heterocycles. The molecular formula is C13H16N2O3S. The fourth-order valence-corrected chi connectivity index (χ4v) is 3.26. The number of amides is 1. The molecule has 1 atom stereocenters.